The lowest BCUT2D eigenvalue weighted by molar-refractivity contribution is -0.118. The Hall–Kier alpha value is -2.42. The molecule has 0 saturated carbocycles. The maximum absolute atomic E-state index is 10.7. The molecule has 0 aliphatic heterocycles. The Morgan fingerprint density at radius 2 is 2.00 bits per heavy atom. The van der Waals surface area contributed by atoms with Gasteiger partial charge in [-0.15, -0.1) is 0 Å². The summed E-state index contributed by atoms with van der Waals surface area (Å²) in [6, 6.07) is 14.2. The first-order chi connectivity index (χ1) is 9.75. The normalized spacial score (nSPS) is 10.7. The number of carbonyl (C=O) groups is 1. The summed E-state index contributed by atoms with van der Waals surface area (Å²) < 4.78 is 0. The summed E-state index contributed by atoms with van der Waals surface area (Å²) in [6.07, 6.45) is 6.75. The van der Waals surface area contributed by atoms with Crippen molar-refractivity contribution in [2.75, 3.05) is 6.54 Å². The Kier molecular flexibility index (Phi) is 5.07. The zero-order valence-corrected chi connectivity index (χ0v) is 11.5. The summed E-state index contributed by atoms with van der Waals surface area (Å²) in [5.41, 5.74) is 3.24. The maximum atomic E-state index is 10.7. The number of amides is 1. The van der Waals surface area contributed by atoms with Crippen molar-refractivity contribution in [2.24, 2.45) is 0 Å². The van der Waals surface area contributed by atoms with E-state index in [0.29, 0.717) is 6.54 Å². The molecule has 1 amide bonds. The van der Waals surface area contributed by atoms with Crippen LogP contribution >= 0.6 is 0 Å². The van der Waals surface area contributed by atoms with E-state index in [1.54, 1.807) is 6.20 Å². The number of pyridine rings is 1. The fourth-order valence-corrected chi connectivity index (χ4v) is 1.85. The number of nitrogens with zero attached hydrogens (tertiary/aromatic N) is 1. The molecule has 2 rings (SSSR count). The average Bonchev–Trinajstić information content (AvgIpc) is 2.48. The van der Waals surface area contributed by atoms with E-state index >= 15 is 0 Å². The van der Waals surface area contributed by atoms with E-state index in [4.69, 9.17) is 0 Å². The molecular formula is C17H18N2O. The third-order valence-corrected chi connectivity index (χ3v) is 2.87. The van der Waals surface area contributed by atoms with Crippen molar-refractivity contribution in [1.29, 1.82) is 0 Å². The van der Waals surface area contributed by atoms with Crippen LogP contribution in [0.4, 0.5) is 0 Å². The van der Waals surface area contributed by atoms with E-state index in [1.165, 1.54) is 6.92 Å². The highest BCUT2D eigenvalue weighted by molar-refractivity contribution is 5.72. The van der Waals surface area contributed by atoms with Crippen molar-refractivity contribution in [2.45, 2.75) is 13.3 Å². The van der Waals surface area contributed by atoms with E-state index in [9.17, 15) is 4.79 Å². The summed E-state index contributed by atoms with van der Waals surface area (Å²) in [4.78, 5) is 15.0. The summed E-state index contributed by atoms with van der Waals surface area (Å²) in [6.45, 7) is 2.21. The Labute approximate surface area is 119 Å². The van der Waals surface area contributed by atoms with Crippen LogP contribution in [0, 0.1) is 0 Å². The number of carbonyl (C=O) groups excluding carboxylic acids is 1. The molecule has 2 aromatic rings. The number of hydrogen-bond donors (Lipinski definition) is 1. The quantitative estimate of drug-likeness (QED) is 0.844. The molecule has 3 nitrogen and oxygen atoms in total. The molecule has 0 bridgehead atoms. The van der Waals surface area contributed by atoms with Crippen molar-refractivity contribution in [3.05, 3.63) is 60.3 Å². The molecule has 1 aromatic carbocycles. The monoisotopic (exact) mass is 266 g/mol. The highest BCUT2D eigenvalue weighted by Gasteiger charge is 1.96. The minimum Gasteiger partial charge on any atom is -0.356 e. The molecule has 102 valence electrons. The smallest absolute Gasteiger partial charge is 0.216 e. The average molecular weight is 266 g/mol. The Morgan fingerprint density at radius 1 is 1.20 bits per heavy atom. The van der Waals surface area contributed by atoms with Crippen LogP contribution in [-0.4, -0.2) is 17.4 Å². The van der Waals surface area contributed by atoms with Gasteiger partial charge in [0.25, 0.3) is 0 Å². The first-order valence-corrected chi connectivity index (χ1v) is 6.68. The number of nitrogens with one attached hydrogen (secondary N) is 1. The molecule has 0 fully saturated rings. The zero-order valence-electron chi connectivity index (χ0n) is 11.5. The number of aromatic nitrogens is 1. The van der Waals surface area contributed by atoms with Crippen LogP contribution in [0.5, 0.6) is 0 Å². The van der Waals surface area contributed by atoms with Crippen LogP contribution in [0.15, 0.2) is 54.7 Å². The molecule has 0 radical (unpaired) electrons. The summed E-state index contributed by atoms with van der Waals surface area (Å²) in [7, 11) is 0. The molecule has 20 heavy (non-hydrogen) atoms. The van der Waals surface area contributed by atoms with Crippen LogP contribution in [0.3, 0.4) is 0 Å². The fourth-order valence-electron chi connectivity index (χ4n) is 1.85. The Bertz CT molecular complexity index is 574. The molecule has 1 aromatic heterocycles. The van der Waals surface area contributed by atoms with Gasteiger partial charge in [-0.1, -0.05) is 42.5 Å². The van der Waals surface area contributed by atoms with Gasteiger partial charge in [0, 0.05) is 25.2 Å². The van der Waals surface area contributed by atoms with E-state index in [0.717, 1.165) is 23.2 Å². The van der Waals surface area contributed by atoms with Gasteiger partial charge in [0.15, 0.2) is 0 Å². The van der Waals surface area contributed by atoms with Gasteiger partial charge >= 0.3 is 0 Å². The van der Waals surface area contributed by atoms with Crippen molar-refractivity contribution in [3.63, 3.8) is 0 Å². The third-order valence-electron chi connectivity index (χ3n) is 2.87. The summed E-state index contributed by atoms with van der Waals surface area (Å²) >= 11 is 0. The van der Waals surface area contributed by atoms with Crippen LogP contribution in [0.1, 0.15) is 18.9 Å². The first-order valence-electron chi connectivity index (χ1n) is 6.68. The van der Waals surface area contributed by atoms with Crippen LogP contribution < -0.4 is 5.32 Å². The molecule has 0 aliphatic rings. The van der Waals surface area contributed by atoms with Gasteiger partial charge in [0.2, 0.25) is 5.91 Å². The lowest BCUT2D eigenvalue weighted by Gasteiger charge is -2.01. The zero-order chi connectivity index (χ0) is 14.2. The second-order valence-corrected chi connectivity index (χ2v) is 4.51. The largest absolute Gasteiger partial charge is 0.356 e. The van der Waals surface area contributed by atoms with Gasteiger partial charge in [-0.05, 0) is 24.1 Å². The maximum Gasteiger partial charge on any atom is 0.216 e. The lowest BCUT2D eigenvalue weighted by atomic mass is 10.1. The minimum absolute atomic E-state index is 0.0121. The topological polar surface area (TPSA) is 42.0 Å². The SMILES string of the molecule is CC(=O)NCCC=Cc1ccc(-c2ccccn2)cc1. The first kappa shape index (κ1) is 14.0. The second-order valence-electron chi connectivity index (χ2n) is 4.51. The van der Waals surface area contributed by atoms with E-state index in [1.807, 2.05) is 18.2 Å². The van der Waals surface area contributed by atoms with Crippen molar-refractivity contribution in [3.8, 4) is 11.3 Å². The number of hydrogen-bond acceptors (Lipinski definition) is 2. The Morgan fingerprint density at radius 3 is 2.65 bits per heavy atom. The molecule has 0 saturated heterocycles. The number of benzene rings is 1. The standard InChI is InChI=1S/C17H18N2O/c1-14(20)18-12-4-2-6-15-8-10-16(11-9-15)17-7-3-5-13-19-17/h2-3,5-11,13H,4,12H2,1H3,(H,18,20). The molecule has 1 N–H and O–H groups in total. The molecule has 0 aliphatic carbocycles. The lowest BCUT2D eigenvalue weighted by Crippen LogP contribution is -2.20. The molecule has 0 atom stereocenters. The van der Waals surface area contributed by atoms with Gasteiger partial charge in [-0.25, -0.2) is 0 Å². The van der Waals surface area contributed by atoms with Crippen molar-refractivity contribution < 1.29 is 4.79 Å². The molecule has 1 heterocycles. The predicted molar refractivity (Wildman–Crippen MR) is 82.0 cm³/mol. The van der Waals surface area contributed by atoms with Gasteiger partial charge in [0.1, 0.15) is 0 Å². The molecule has 3 heteroatoms. The van der Waals surface area contributed by atoms with Gasteiger partial charge < -0.3 is 5.32 Å². The van der Waals surface area contributed by atoms with Crippen LogP contribution in [0.25, 0.3) is 17.3 Å². The van der Waals surface area contributed by atoms with Gasteiger partial charge in [-0.2, -0.15) is 0 Å². The van der Waals surface area contributed by atoms with E-state index < -0.39 is 0 Å². The van der Waals surface area contributed by atoms with Crippen LogP contribution in [0.2, 0.25) is 0 Å². The van der Waals surface area contributed by atoms with E-state index in [-0.39, 0.29) is 5.91 Å². The molecular weight excluding hydrogens is 248 g/mol. The van der Waals surface area contributed by atoms with Crippen LogP contribution in [-0.2, 0) is 4.79 Å². The van der Waals surface area contributed by atoms with Crippen molar-refractivity contribution >= 4 is 12.0 Å². The fraction of sp³-hybridized carbons (Fsp3) is 0.176. The second kappa shape index (κ2) is 7.24. The summed E-state index contributed by atoms with van der Waals surface area (Å²) in [5, 5.41) is 2.76. The predicted octanol–water partition coefficient (Wildman–Crippen LogP) is 3.29. The highest BCUT2D eigenvalue weighted by atomic mass is 16.1. The highest BCUT2D eigenvalue weighted by Crippen LogP contribution is 2.17. The number of rotatable bonds is 5. The minimum atomic E-state index is 0.0121. The molecule has 0 unspecified atom stereocenters. The molecule has 0 spiro atoms. The van der Waals surface area contributed by atoms with E-state index in [2.05, 4.69) is 46.7 Å². The summed E-state index contributed by atoms with van der Waals surface area (Å²) in [5.74, 6) is 0.0121. The van der Waals surface area contributed by atoms with Gasteiger partial charge in [0.05, 0.1) is 5.69 Å². The third kappa shape index (κ3) is 4.35. The van der Waals surface area contributed by atoms with Crippen molar-refractivity contribution in [1.82, 2.24) is 10.3 Å². The van der Waals surface area contributed by atoms with Gasteiger partial charge in [-0.3, -0.25) is 9.78 Å². The Balaban J connectivity index is 1.92.